The molecule has 0 radical (unpaired) electrons. The molecule has 1 aromatic carbocycles. The van der Waals surface area contributed by atoms with E-state index in [2.05, 4.69) is 13.8 Å². The van der Waals surface area contributed by atoms with Crippen molar-refractivity contribution in [1.82, 2.24) is 0 Å². The van der Waals surface area contributed by atoms with Gasteiger partial charge in [0.05, 0.1) is 11.1 Å². The van der Waals surface area contributed by atoms with Gasteiger partial charge in [-0.05, 0) is 55.1 Å². The van der Waals surface area contributed by atoms with E-state index < -0.39 is 6.10 Å². The van der Waals surface area contributed by atoms with Crippen molar-refractivity contribution in [3.05, 3.63) is 34.6 Å². The van der Waals surface area contributed by atoms with Crippen molar-refractivity contribution < 1.29 is 9.50 Å². The minimum Gasteiger partial charge on any atom is -0.392 e. The average molecular weight is 299 g/mol. The molecule has 0 bridgehead atoms. The summed E-state index contributed by atoms with van der Waals surface area (Å²) in [5.41, 5.74) is 0.524. The van der Waals surface area contributed by atoms with Gasteiger partial charge >= 0.3 is 0 Å². The Labute approximate surface area is 126 Å². The molecule has 1 atom stereocenters. The molecule has 1 unspecified atom stereocenters. The smallest absolute Gasteiger partial charge is 0.145 e. The van der Waals surface area contributed by atoms with Gasteiger partial charge in [-0.3, -0.25) is 0 Å². The summed E-state index contributed by atoms with van der Waals surface area (Å²) in [5, 5.41) is 10.5. The first-order valence-electron chi connectivity index (χ1n) is 7.60. The van der Waals surface area contributed by atoms with E-state index in [4.69, 9.17) is 11.6 Å². The molecule has 1 N–H and O–H groups in total. The Morgan fingerprint density at radius 2 is 1.80 bits per heavy atom. The molecule has 1 nitrogen and oxygen atoms in total. The van der Waals surface area contributed by atoms with E-state index in [0.29, 0.717) is 17.9 Å². The second kappa shape index (κ2) is 6.91. The molecule has 1 aliphatic rings. The molecule has 1 aliphatic carbocycles. The van der Waals surface area contributed by atoms with Crippen LogP contribution in [0.3, 0.4) is 0 Å². The molecule has 0 aromatic heterocycles. The van der Waals surface area contributed by atoms with E-state index in [9.17, 15) is 9.50 Å². The maximum atomic E-state index is 13.9. The Hall–Kier alpha value is -0.600. The zero-order valence-corrected chi connectivity index (χ0v) is 13.0. The Bertz CT molecular complexity index is 439. The summed E-state index contributed by atoms with van der Waals surface area (Å²) < 4.78 is 13.9. The molecule has 0 saturated heterocycles. The maximum Gasteiger partial charge on any atom is 0.145 e. The van der Waals surface area contributed by atoms with Gasteiger partial charge in [-0.25, -0.2) is 4.39 Å². The lowest BCUT2D eigenvalue weighted by Gasteiger charge is -2.33. The number of rotatable bonds is 4. The fraction of sp³-hybridized carbons (Fsp3) is 0.647. The van der Waals surface area contributed by atoms with Crippen molar-refractivity contribution >= 4 is 11.6 Å². The van der Waals surface area contributed by atoms with Crippen molar-refractivity contribution in [1.29, 1.82) is 0 Å². The number of hydrogen-bond donors (Lipinski definition) is 1. The van der Waals surface area contributed by atoms with Crippen LogP contribution in [0.5, 0.6) is 0 Å². The first-order valence-corrected chi connectivity index (χ1v) is 7.97. The summed E-state index contributed by atoms with van der Waals surface area (Å²) in [7, 11) is 0. The maximum absolute atomic E-state index is 13.9. The third kappa shape index (κ3) is 3.73. The lowest BCUT2D eigenvalue weighted by molar-refractivity contribution is 0.0669. The van der Waals surface area contributed by atoms with Crippen LogP contribution in [0.1, 0.15) is 45.1 Å². The van der Waals surface area contributed by atoms with Crippen LogP contribution < -0.4 is 0 Å². The van der Waals surface area contributed by atoms with Crippen LogP contribution >= 0.6 is 11.6 Å². The third-order valence-electron chi connectivity index (χ3n) is 4.76. The van der Waals surface area contributed by atoms with Crippen molar-refractivity contribution in [2.45, 2.75) is 52.1 Å². The summed E-state index contributed by atoms with van der Waals surface area (Å²) in [6.45, 7) is 4.53. The molecule has 1 aromatic rings. The van der Waals surface area contributed by atoms with E-state index in [1.165, 1.54) is 12.8 Å². The average Bonchev–Trinajstić information content (AvgIpc) is 2.44. The number of benzene rings is 1. The zero-order chi connectivity index (χ0) is 14.7. The number of hydrogen-bond acceptors (Lipinski definition) is 1. The van der Waals surface area contributed by atoms with Gasteiger partial charge < -0.3 is 5.11 Å². The lowest BCUT2D eigenvalue weighted by Crippen LogP contribution is -2.29. The van der Waals surface area contributed by atoms with E-state index in [1.54, 1.807) is 18.2 Å². The molecule has 112 valence electrons. The monoisotopic (exact) mass is 298 g/mol. The molecule has 0 amide bonds. The van der Waals surface area contributed by atoms with Crippen LogP contribution in [0.2, 0.25) is 5.02 Å². The predicted molar refractivity (Wildman–Crippen MR) is 81.4 cm³/mol. The summed E-state index contributed by atoms with van der Waals surface area (Å²) in [4.78, 5) is 0. The third-order valence-corrected chi connectivity index (χ3v) is 5.06. The quantitative estimate of drug-likeness (QED) is 0.843. The minimum absolute atomic E-state index is 0.137. The molecule has 1 fully saturated rings. The highest BCUT2D eigenvalue weighted by Crippen LogP contribution is 2.35. The summed E-state index contributed by atoms with van der Waals surface area (Å²) in [5.74, 6) is 1.41. The van der Waals surface area contributed by atoms with E-state index in [0.717, 1.165) is 24.7 Å². The summed E-state index contributed by atoms with van der Waals surface area (Å²) in [6, 6.07) is 4.99. The van der Waals surface area contributed by atoms with Crippen LogP contribution in [0.25, 0.3) is 0 Å². The van der Waals surface area contributed by atoms with E-state index >= 15 is 0 Å². The van der Waals surface area contributed by atoms with Crippen molar-refractivity contribution in [2.24, 2.45) is 17.8 Å². The van der Waals surface area contributed by atoms with Gasteiger partial charge in [-0.15, -0.1) is 0 Å². The number of aliphatic hydroxyl groups is 1. The molecule has 1 saturated carbocycles. The Morgan fingerprint density at radius 1 is 1.20 bits per heavy atom. The molecular weight excluding hydrogens is 275 g/mol. The van der Waals surface area contributed by atoms with Crippen LogP contribution in [0.15, 0.2) is 18.2 Å². The fourth-order valence-corrected chi connectivity index (χ4v) is 3.49. The summed E-state index contributed by atoms with van der Waals surface area (Å²) >= 11 is 5.78. The SMILES string of the molecule is CC(C)C1CCC(C(O)Cc2cccc(Cl)c2F)CC1. The molecule has 2 rings (SSSR count). The van der Waals surface area contributed by atoms with E-state index in [1.807, 2.05) is 0 Å². The fourth-order valence-electron chi connectivity index (χ4n) is 3.29. The standard InChI is InChI=1S/C17H24ClFO/c1-11(2)12-6-8-13(9-7-12)16(20)10-14-4-3-5-15(18)17(14)19/h3-5,11-13,16,20H,6-10H2,1-2H3. The second-order valence-electron chi connectivity index (χ2n) is 6.40. The van der Waals surface area contributed by atoms with Crippen LogP contribution in [0, 0.1) is 23.6 Å². The predicted octanol–water partition coefficient (Wildman–Crippen LogP) is 4.84. The van der Waals surface area contributed by atoms with Gasteiger partial charge in [0.1, 0.15) is 5.82 Å². The van der Waals surface area contributed by atoms with Crippen molar-refractivity contribution in [3.63, 3.8) is 0 Å². The topological polar surface area (TPSA) is 20.2 Å². The molecule has 0 heterocycles. The molecule has 0 aliphatic heterocycles. The number of aliphatic hydroxyl groups excluding tert-OH is 1. The lowest BCUT2D eigenvalue weighted by atomic mass is 9.74. The highest BCUT2D eigenvalue weighted by molar-refractivity contribution is 6.30. The first kappa shape index (κ1) is 15.8. The molecular formula is C17H24ClFO. The van der Waals surface area contributed by atoms with Gasteiger partial charge in [0.2, 0.25) is 0 Å². The van der Waals surface area contributed by atoms with Crippen LogP contribution in [0.4, 0.5) is 4.39 Å². The zero-order valence-electron chi connectivity index (χ0n) is 12.3. The normalized spacial score (nSPS) is 24.9. The van der Waals surface area contributed by atoms with Crippen LogP contribution in [-0.2, 0) is 6.42 Å². The Kier molecular flexibility index (Phi) is 5.45. The highest BCUT2D eigenvalue weighted by atomic mass is 35.5. The summed E-state index contributed by atoms with van der Waals surface area (Å²) in [6.07, 6.45) is 4.35. The minimum atomic E-state index is -0.462. The largest absolute Gasteiger partial charge is 0.392 e. The van der Waals surface area contributed by atoms with E-state index in [-0.39, 0.29) is 10.8 Å². The van der Waals surface area contributed by atoms with Gasteiger partial charge in [-0.2, -0.15) is 0 Å². The molecule has 0 spiro atoms. The van der Waals surface area contributed by atoms with Gasteiger partial charge in [0.25, 0.3) is 0 Å². The Balaban J connectivity index is 1.93. The first-order chi connectivity index (χ1) is 9.49. The second-order valence-corrected chi connectivity index (χ2v) is 6.81. The van der Waals surface area contributed by atoms with Crippen molar-refractivity contribution in [2.75, 3.05) is 0 Å². The van der Waals surface area contributed by atoms with Gasteiger partial charge in [-0.1, -0.05) is 37.6 Å². The molecule has 3 heteroatoms. The number of halogens is 2. The van der Waals surface area contributed by atoms with Crippen molar-refractivity contribution in [3.8, 4) is 0 Å². The Morgan fingerprint density at radius 3 is 2.40 bits per heavy atom. The van der Waals surface area contributed by atoms with Crippen LogP contribution in [-0.4, -0.2) is 11.2 Å². The van der Waals surface area contributed by atoms with Gasteiger partial charge in [0.15, 0.2) is 0 Å². The highest BCUT2D eigenvalue weighted by Gasteiger charge is 2.28. The molecule has 20 heavy (non-hydrogen) atoms. The van der Waals surface area contributed by atoms with Gasteiger partial charge in [0, 0.05) is 6.42 Å².